The molecule has 0 saturated heterocycles. The normalized spacial score (nSPS) is 12.2. The molecule has 0 bridgehead atoms. The summed E-state index contributed by atoms with van der Waals surface area (Å²) in [6, 6.07) is 2.00. The van der Waals surface area contributed by atoms with Crippen LogP contribution in [0.5, 0.6) is 0 Å². The molecule has 0 spiro atoms. The number of aromatic nitrogens is 3. The molecule has 0 aliphatic heterocycles. The van der Waals surface area contributed by atoms with Gasteiger partial charge < -0.3 is 0 Å². The molecule has 0 amide bonds. The van der Waals surface area contributed by atoms with E-state index in [-0.39, 0.29) is 25.5 Å². The van der Waals surface area contributed by atoms with E-state index in [0.717, 1.165) is 9.78 Å². The first-order valence-electron chi connectivity index (χ1n) is 4.34. The van der Waals surface area contributed by atoms with E-state index in [1.54, 1.807) is 0 Å². The molecule has 0 aliphatic rings. The van der Waals surface area contributed by atoms with E-state index in [1.165, 1.54) is 4.44 Å². The molecule has 74 valence electrons. The molecule has 0 saturated carbocycles. The zero-order valence-corrected chi connectivity index (χ0v) is 10.0. The fourth-order valence-corrected chi connectivity index (χ4v) is 3.34. The number of fused-ring (bicyclic) bond motifs is 1. The van der Waals surface area contributed by atoms with Gasteiger partial charge in [-0.3, -0.25) is 0 Å². The molecule has 5 heteroatoms. The molecule has 0 radical (unpaired) electrons. The molecule has 0 atom stereocenters. The van der Waals surface area contributed by atoms with Crippen LogP contribution in [0, 0.1) is 0 Å². The Balaban J connectivity index is 2.75. The number of nitrogens with one attached hydrogen (secondary N) is 1. The van der Waals surface area contributed by atoms with Gasteiger partial charge in [-0.2, -0.15) is 0 Å². The second kappa shape index (κ2) is 3.04. The summed E-state index contributed by atoms with van der Waals surface area (Å²) in [6.45, 7) is 6.44. The van der Waals surface area contributed by atoms with Gasteiger partial charge in [0.2, 0.25) is 0 Å². The number of rotatable bonds is 0. The summed E-state index contributed by atoms with van der Waals surface area (Å²) in [5.74, 6) is 0. The molecule has 0 unspecified atom stereocenters. The van der Waals surface area contributed by atoms with E-state index in [9.17, 15) is 4.79 Å². The van der Waals surface area contributed by atoms with Crippen LogP contribution in [-0.4, -0.2) is 29.9 Å². The Morgan fingerprint density at radius 1 is 1.43 bits per heavy atom. The third-order valence-electron chi connectivity index (χ3n) is 1.97. The maximum absolute atomic E-state index is 11.4. The van der Waals surface area contributed by atoms with Crippen LogP contribution < -0.4 is 5.56 Å². The number of hydrogen-bond acceptors (Lipinski definition) is 3. The van der Waals surface area contributed by atoms with E-state index in [4.69, 9.17) is 0 Å². The topological polar surface area (TPSA) is 58.6 Å². The van der Waals surface area contributed by atoms with Gasteiger partial charge in [0.05, 0.1) is 0 Å². The molecule has 0 aromatic carbocycles. The molecule has 2 rings (SSSR count). The van der Waals surface area contributed by atoms with Crippen LogP contribution in [0.25, 0.3) is 9.78 Å². The molecule has 1 N–H and O–H groups in total. The summed E-state index contributed by atoms with van der Waals surface area (Å²) in [7, 11) is 0. The van der Waals surface area contributed by atoms with Crippen LogP contribution in [0.15, 0.2) is 10.9 Å². The van der Waals surface area contributed by atoms with Crippen molar-refractivity contribution in [2.24, 2.45) is 0 Å². The third kappa shape index (κ3) is 1.53. The third-order valence-corrected chi connectivity index (χ3v) is 5.22. The van der Waals surface area contributed by atoms with Gasteiger partial charge in [0, 0.05) is 0 Å². The first kappa shape index (κ1) is 9.62. The second-order valence-electron chi connectivity index (χ2n) is 4.22. The Hall–Kier alpha value is -0.931. The summed E-state index contributed by atoms with van der Waals surface area (Å²) < 4.78 is 2.10. The van der Waals surface area contributed by atoms with E-state index in [0.29, 0.717) is 0 Å². The van der Waals surface area contributed by atoms with E-state index >= 15 is 0 Å². The first-order chi connectivity index (χ1) is 6.48. The molecule has 14 heavy (non-hydrogen) atoms. The number of H-pyrrole nitrogens is 1. The summed E-state index contributed by atoms with van der Waals surface area (Å²) in [5.41, 5.74) is 0.775. The summed E-state index contributed by atoms with van der Waals surface area (Å²) >= 11 is 0.108. The van der Waals surface area contributed by atoms with Crippen molar-refractivity contribution < 1.29 is 0 Å². The summed E-state index contributed by atoms with van der Waals surface area (Å²) in [5, 5.41) is 9.84. The molecule has 4 nitrogen and oxygen atoms in total. The van der Waals surface area contributed by atoms with Crippen molar-refractivity contribution in [1.82, 2.24) is 15.4 Å². The van der Waals surface area contributed by atoms with E-state index in [1.807, 2.05) is 6.07 Å². The molecular weight excluding hydrogens is 245 g/mol. The van der Waals surface area contributed by atoms with Crippen LogP contribution >= 0.6 is 0 Å². The minimum absolute atomic E-state index is 0.0921. The summed E-state index contributed by atoms with van der Waals surface area (Å²) in [6.07, 6.45) is 0. The van der Waals surface area contributed by atoms with Crippen molar-refractivity contribution in [3.63, 3.8) is 0 Å². The Morgan fingerprint density at radius 3 is 2.71 bits per heavy atom. The zero-order chi connectivity index (χ0) is 10.3. The molecule has 0 aliphatic carbocycles. The predicted octanol–water partition coefficient (Wildman–Crippen LogP) is 0.673. The summed E-state index contributed by atoms with van der Waals surface area (Å²) in [4.78, 5) is 11.4. The quantitative estimate of drug-likeness (QED) is 0.705. The van der Waals surface area contributed by atoms with E-state index < -0.39 is 0 Å². The Bertz CT molecular complexity index is 521. The van der Waals surface area contributed by atoms with Crippen molar-refractivity contribution >= 4 is 24.3 Å². The maximum atomic E-state index is 11.4. The molecule has 2 aromatic rings. The van der Waals surface area contributed by atoms with Gasteiger partial charge in [-0.1, -0.05) is 0 Å². The second-order valence-corrected chi connectivity index (χ2v) is 6.42. The number of nitrogens with zero attached hydrogens (tertiary/aromatic N) is 2. The molecular formula is C9H11N3OSe. The number of hydrogen-bond donors (Lipinski definition) is 1. The molecule has 0 fully saturated rings. The van der Waals surface area contributed by atoms with Gasteiger partial charge >= 0.3 is 86.7 Å². The zero-order valence-electron chi connectivity index (χ0n) is 8.29. The van der Waals surface area contributed by atoms with Crippen molar-refractivity contribution in [1.29, 1.82) is 0 Å². The van der Waals surface area contributed by atoms with Gasteiger partial charge in [-0.25, -0.2) is 0 Å². The van der Waals surface area contributed by atoms with Gasteiger partial charge in [0.15, 0.2) is 0 Å². The van der Waals surface area contributed by atoms with Crippen molar-refractivity contribution in [2.45, 2.75) is 26.2 Å². The van der Waals surface area contributed by atoms with Gasteiger partial charge in [0.25, 0.3) is 0 Å². The van der Waals surface area contributed by atoms with Gasteiger partial charge in [-0.15, -0.1) is 0 Å². The Labute approximate surface area is 87.1 Å². The van der Waals surface area contributed by atoms with Gasteiger partial charge in [0.1, 0.15) is 0 Å². The predicted molar refractivity (Wildman–Crippen MR) is 55.8 cm³/mol. The minimum atomic E-state index is -0.0921. The molecule has 2 aromatic heterocycles. The molecule has 2 heterocycles. The SMILES string of the molecule is CC(C)(C)c1cc2nn[nH]c(=O)c2[se]1. The van der Waals surface area contributed by atoms with Crippen LogP contribution in [0.3, 0.4) is 0 Å². The number of aromatic amines is 1. The van der Waals surface area contributed by atoms with Crippen molar-refractivity contribution in [3.8, 4) is 0 Å². The van der Waals surface area contributed by atoms with Crippen LogP contribution in [0.4, 0.5) is 0 Å². The van der Waals surface area contributed by atoms with Gasteiger partial charge in [-0.05, 0) is 0 Å². The van der Waals surface area contributed by atoms with Crippen molar-refractivity contribution in [3.05, 3.63) is 20.9 Å². The van der Waals surface area contributed by atoms with Crippen LogP contribution in [0.2, 0.25) is 0 Å². The van der Waals surface area contributed by atoms with Crippen molar-refractivity contribution in [2.75, 3.05) is 0 Å². The monoisotopic (exact) mass is 257 g/mol. The van der Waals surface area contributed by atoms with Crippen LogP contribution in [-0.2, 0) is 5.41 Å². The average molecular weight is 256 g/mol. The fraction of sp³-hybridized carbons (Fsp3) is 0.444. The van der Waals surface area contributed by atoms with Crippen LogP contribution in [0.1, 0.15) is 25.2 Å². The average Bonchev–Trinajstić information content (AvgIpc) is 2.48. The van der Waals surface area contributed by atoms with E-state index in [2.05, 4.69) is 36.2 Å². The standard InChI is InChI=1S/C9H11N3OSe/c1-9(2,3)6-4-5-7(14-6)8(13)11-12-10-5/h4H,1-3H3,(H,10,11,13). The Morgan fingerprint density at radius 2 is 2.14 bits per heavy atom. The Kier molecular flexibility index (Phi) is 2.09. The fourth-order valence-electron chi connectivity index (χ4n) is 1.16. The first-order valence-corrected chi connectivity index (χ1v) is 6.05.